The minimum atomic E-state index is -3.59. The van der Waals surface area contributed by atoms with Crippen LogP contribution in [-0.4, -0.2) is 43.0 Å². The molecular weight excluding hydrogens is 226 g/mol. The Kier molecular flexibility index (Phi) is 4.23. The van der Waals surface area contributed by atoms with Crippen molar-refractivity contribution in [3.8, 4) is 0 Å². The third-order valence-corrected chi connectivity index (χ3v) is 3.87. The quantitative estimate of drug-likeness (QED) is 0.592. The molecule has 0 bridgehead atoms. The molecule has 0 fully saturated rings. The van der Waals surface area contributed by atoms with Gasteiger partial charge in [-0.15, -0.1) is 0 Å². The number of carboxylic acid groups (broad SMARTS) is 1. The fourth-order valence-corrected chi connectivity index (χ4v) is 0.833. The van der Waals surface area contributed by atoms with Crippen LogP contribution >= 0.6 is 0 Å². The lowest BCUT2D eigenvalue weighted by atomic mass is 10.2. The van der Waals surface area contributed by atoms with E-state index in [0.717, 1.165) is 6.26 Å². The molecule has 0 aliphatic carbocycles. The maximum Gasteiger partial charge on any atom is 0.332 e. The van der Waals surface area contributed by atoms with Gasteiger partial charge in [0.2, 0.25) is 0 Å². The van der Waals surface area contributed by atoms with Crippen LogP contribution in [0.5, 0.6) is 0 Å². The van der Waals surface area contributed by atoms with Crippen molar-refractivity contribution in [1.82, 2.24) is 5.48 Å². The molecule has 0 atom stereocenters. The number of hydrogen-bond donors (Lipinski definition) is 2. The summed E-state index contributed by atoms with van der Waals surface area (Å²) in [6.07, 6.45) is 0.907. The highest BCUT2D eigenvalue weighted by Gasteiger charge is 2.38. The standard InChI is InChI=1S/C7H13NO6S/c1-7(2,15(3,12)13)6(11)8-14-4-5(9)10/h4H2,1-3H3,(H,8,11)(H,9,10). The number of carbonyl (C=O) groups excluding carboxylic acids is 1. The Hall–Kier alpha value is -1.15. The van der Waals surface area contributed by atoms with E-state index in [1.54, 1.807) is 5.48 Å². The van der Waals surface area contributed by atoms with Crippen LogP contribution in [0.2, 0.25) is 0 Å². The number of aliphatic carboxylic acids is 1. The first kappa shape index (κ1) is 13.8. The Labute approximate surface area is 87.3 Å². The van der Waals surface area contributed by atoms with Gasteiger partial charge in [0.1, 0.15) is 4.75 Å². The van der Waals surface area contributed by atoms with E-state index in [1.165, 1.54) is 13.8 Å². The lowest BCUT2D eigenvalue weighted by Crippen LogP contribution is -2.47. The van der Waals surface area contributed by atoms with E-state index in [1.807, 2.05) is 0 Å². The molecule has 2 N–H and O–H groups in total. The van der Waals surface area contributed by atoms with Gasteiger partial charge in [-0.05, 0) is 13.8 Å². The molecule has 0 saturated carbocycles. The van der Waals surface area contributed by atoms with Gasteiger partial charge in [0.15, 0.2) is 16.4 Å². The molecule has 0 heterocycles. The van der Waals surface area contributed by atoms with Gasteiger partial charge >= 0.3 is 5.97 Å². The second-order valence-electron chi connectivity index (χ2n) is 3.40. The lowest BCUT2D eigenvalue weighted by Gasteiger charge is -2.20. The van der Waals surface area contributed by atoms with E-state index >= 15 is 0 Å². The molecular formula is C7H13NO6S. The number of hydroxylamine groups is 1. The van der Waals surface area contributed by atoms with E-state index in [4.69, 9.17) is 5.11 Å². The third-order valence-electron chi connectivity index (χ3n) is 1.83. The molecule has 88 valence electrons. The summed E-state index contributed by atoms with van der Waals surface area (Å²) >= 11 is 0. The molecule has 0 unspecified atom stereocenters. The second kappa shape index (κ2) is 4.58. The van der Waals surface area contributed by atoms with Gasteiger partial charge in [0.05, 0.1) is 0 Å². The molecule has 7 nitrogen and oxygen atoms in total. The molecule has 0 radical (unpaired) electrons. The van der Waals surface area contributed by atoms with Gasteiger partial charge in [-0.2, -0.15) is 0 Å². The number of hydrogen-bond acceptors (Lipinski definition) is 5. The topological polar surface area (TPSA) is 110 Å². The van der Waals surface area contributed by atoms with Crippen molar-refractivity contribution in [1.29, 1.82) is 0 Å². The van der Waals surface area contributed by atoms with E-state index in [2.05, 4.69) is 4.84 Å². The van der Waals surface area contributed by atoms with Crippen LogP contribution in [0.15, 0.2) is 0 Å². The summed E-state index contributed by atoms with van der Waals surface area (Å²) in [7, 11) is -3.59. The first-order chi connectivity index (χ1) is 6.59. The SMILES string of the molecule is CC(C)(C(=O)NOCC(=O)O)S(C)(=O)=O. The van der Waals surface area contributed by atoms with Gasteiger partial charge < -0.3 is 5.11 Å². The predicted octanol–water partition coefficient (Wildman–Crippen LogP) is -1.06. The first-order valence-electron chi connectivity index (χ1n) is 3.92. The van der Waals surface area contributed by atoms with Crippen molar-refractivity contribution in [2.24, 2.45) is 0 Å². The molecule has 8 heteroatoms. The lowest BCUT2D eigenvalue weighted by molar-refractivity contribution is -0.149. The number of nitrogens with one attached hydrogen (secondary N) is 1. The van der Waals surface area contributed by atoms with Crippen LogP contribution in [0, 0.1) is 0 Å². The summed E-state index contributed by atoms with van der Waals surface area (Å²) < 4.78 is 20.7. The molecule has 0 aromatic rings. The summed E-state index contributed by atoms with van der Waals surface area (Å²) in [5, 5.41) is 8.19. The van der Waals surface area contributed by atoms with Gasteiger partial charge in [-0.25, -0.2) is 18.7 Å². The summed E-state index contributed by atoms with van der Waals surface area (Å²) in [5.74, 6) is -2.18. The molecule has 0 aromatic heterocycles. The van der Waals surface area contributed by atoms with Crippen LogP contribution in [0.1, 0.15) is 13.8 Å². The molecule has 0 saturated heterocycles. The normalized spacial score (nSPS) is 12.2. The van der Waals surface area contributed by atoms with Crippen molar-refractivity contribution in [2.45, 2.75) is 18.6 Å². The van der Waals surface area contributed by atoms with Crippen molar-refractivity contribution in [3.05, 3.63) is 0 Å². The molecule has 15 heavy (non-hydrogen) atoms. The fraction of sp³-hybridized carbons (Fsp3) is 0.714. The van der Waals surface area contributed by atoms with Gasteiger partial charge in [-0.1, -0.05) is 0 Å². The number of amides is 1. The Bertz CT molecular complexity index is 358. The third kappa shape index (κ3) is 3.84. The average Bonchev–Trinajstić information content (AvgIpc) is 2.01. The highest BCUT2D eigenvalue weighted by molar-refractivity contribution is 7.92. The average molecular weight is 239 g/mol. The zero-order valence-electron chi connectivity index (χ0n) is 8.60. The van der Waals surface area contributed by atoms with Crippen LogP contribution in [-0.2, 0) is 24.3 Å². The summed E-state index contributed by atoms with van der Waals surface area (Å²) in [6.45, 7) is 1.66. The summed E-state index contributed by atoms with van der Waals surface area (Å²) in [6, 6.07) is 0. The molecule has 0 spiro atoms. The van der Waals surface area contributed by atoms with Crippen molar-refractivity contribution in [3.63, 3.8) is 0 Å². The smallest absolute Gasteiger partial charge is 0.332 e. The molecule has 0 aromatic carbocycles. The van der Waals surface area contributed by atoms with Crippen LogP contribution in [0.4, 0.5) is 0 Å². The van der Waals surface area contributed by atoms with E-state index in [9.17, 15) is 18.0 Å². The number of rotatable bonds is 5. The van der Waals surface area contributed by atoms with Crippen LogP contribution in [0.3, 0.4) is 0 Å². The van der Waals surface area contributed by atoms with Crippen molar-refractivity contribution >= 4 is 21.7 Å². The Balaban J connectivity index is 4.41. The highest BCUT2D eigenvalue weighted by Crippen LogP contribution is 2.14. The molecule has 0 aliphatic heterocycles. The molecule has 0 rings (SSSR count). The molecule has 1 amide bonds. The Morgan fingerprint density at radius 1 is 1.40 bits per heavy atom. The largest absolute Gasteiger partial charge is 0.479 e. The number of carboxylic acids is 1. The van der Waals surface area contributed by atoms with Gasteiger partial charge in [0.25, 0.3) is 5.91 Å². The Morgan fingerprint density at radius 3 is 2.20 bits per heavy atom. The van der Waals surface area contributed by atoms with E-state index in [-0.39, 0.29) is 0 Å². The summed E-state index contributed by atoms with van der Waals surface area (Å²) in [4.78, 5) is 25.6. The number of sulfone groups is 1. The minimum Gasteiger partial charge on any atom is -0.479 e. The minimum absolute atomic E-state index is 0.731. The fourth-order valence-electron chi connectivity index (χ4n) is 0.455. The van der Waals surface area contributed by atoms with Crippen molar-refractivity contribution < 1.29 is 28.0 Å². The van der Waals surface area contributed by atoms with Gasteiger partial charge in [-0.3, -0.25) is 9.63 Å². The number of carbonyl (C=O) groups is 2. The predicted molar refractivity (Wildman–Crippen MR) is 50.7 cm³/mol. The zero-order chi connectivity index (χ0) is 12.3. The maximum atomic E-state index is 11.3. The van der Waals surface area contributed by atoms with Crippen LogP contribution in [0.25, 0.3) is 0 Å². The highest BCUT2D eigenvalue weighted by atomic mass is 32.2. The monoisotopic (exact) mass is 239 g/mol. The maximum absolute atomic E-state index is 11.3. The Morgan fingerprint density at radius 2 is 1.87 bits per heavy atom. The van der Waals surface area contributed by atoms with E-state index in [0.29, 0.717) is 0 Å². The first-order valence-corrected chi connectivity index (χ1v) is 5.82. The van der Waals surface area contributed by atoms with Crippen LogP contribution < -0.4 is 5.48 Å². The second-order valence-corrected chi connectivity index (χ2v) is 5.96. The zero-order valence-corrected chi connectivity index (χ0v) is 9.42. The van der Waals surface area contributed by atoms with Gasteiger partial charge in [0, 0.05) is 6.26 Å². The van der Waals surface area contributed by atoms with Crippen molar-refractivity contribution in [2.75, 3.05) is 12.9 Å². The summed E-state index contributed by atoms with van der Waals surface area (Å²) in [5.41, 5.74) is 1.76. The van der Waals surface area contributed by atoms with E-state index < -0.39 is 33.1 Å². The molecule has 0 aliphatic rings.